The van der Waals surface area contributed by atoms with Crippen LogP contribution in [0.25, 0.3) is 0 Å². The van der Waals surface area contributed by atoms with Crippen LogP contribution < -0.4 is 5.32 Å². The average molecular weight is 188 g/mol. The van der Waals surface area contributed by atoms with Crippen molar-refractivity contribution in [1.29, 1.82) is 5.26 Å². The van der Waals surface area contributed by atoms with Crippen molar-refractivity contribution in [2.75, 3.05) is 6.54 Å². The van der Waals surface area contributed by atoms with Crippen molar-refractivity contribution in [1.82, 2.24) is 5.32 Å². The van der Waals surface area contributed by atoms with Gasteiger partial charge in [0, 0.05) is 18.7 Å². The lowest BCUT2D eigenvalue weighted by Gasteiger charge is -2.09. The number of halogens is 1. The monoisotopic (exact) mass is 188 g/mol. The molecule has 0 saturated heterocycles. The molecule has 1 aliphatic heterocycles. The number of hydrogen-bond donors (Lipinski definition) is 1. The summed E-state index contributed by atoms with van der Waals surface area (Å²) in [4.78, 5) is 0. The third-order valence-electron chi connectivity index (χ3n) is 2.34. The van der Waals surface area contributed by atoms with Gasteiger partial charge in [0.2, 0.25) is 0 Å². The summed E-state index contributed by atoms with van der Waals surface area (Å²) >= 11 is 0. The Balaban J connectivity index is 2.33. The zero-order valence-electron chi connectivity index (χ0n) is 7.50. The van der Waals surface area contributed by atoms with E-state index in [1.54, 1.807) is 12.3 Å². The predicted octanol–water partition coefficient (Wildman–Crippen LogP) is 1.92. The Morgan fingerprint density at radius 3 is 3.07 bits per heavy atom. The third-order valence-corrected chi connectivity index (χ3v) is 2.34. The van der Waals surface area contributed by atoms with Crippen LogP contribution in [0.3, 0.4) is 0 Å². The van der Waals surface area contributed by atoms with E-state index in [2.05, 4.69) is 11.4 Å². The Bertz CT molecular complexity index is 418. The first-order chi connectivity index (χ1) is 6.81. The van der Waals surface area contributed by atoms with Gasteiger partial charge in [-0.15, -0.1) is 0 Å². The Morgan fingerprint density at radius 2 is 2.36 bits per heavy atom. The molecule has 1 heterocycles. The van der Waals surface area contributed by atoms with Crippen molar-refractivity contribution in [3.63, 3.8) is 0 Å². The molecule has 0 bridgehead atoms. The zero-order valence-corrected chi connectivity index (χ0v) is 7.50. The Morgan fingerprint density at radius 1 is 1.50 bits per heavy atom. The molecule has 14 heavy (non-hydrogen) atoms. The van der Waals surface area contributed by atoms with Crippen LogP contribution in [0.5, 0.6) is 0 Å². The molecular formula is C11H9FN2. The van der Waals surface area contributed by atoms with Crippen molar-refractivity contribution in [3.05, 3.63) is 47.4 Å². The zero-order chi connectivity index (χ0) is 9.97. The van der Waals surface area contributed by atoms with Crippen LogP contribution in [0.2, 0.25) is 0 Å². The van der Waals surface area contributed by atoms with E-state index in [0.29, 0.717) is 12.1 Å². The van der Waals surface area contributed by atoms with Crippen molar-refractivity contribution < 1.29 is 4.39 Å². The fourth-order valence-corrected chi connectivity index (χ4v) is 1.63. The van der Waals surface area contributed by atoms with Gasteiger partial charge in [0.25, 0.3) is 0 Å². The van der Waals surface area contributed by atoms with E-state index in [0.717, 1.165) is 5.56 Å². The van der Waals surface area contributed by atoms with Gasteiger partial charge in [-0.2, -0.15) is 5.26 Å². The molecule has 0 fully saturated rings. The predicted molar refractivity (Wildman–Crippen MR) is 50.8 cm³/mol. The maximum Gasteiger partial charge on any atom is 0.123 e. The van der Waals surface area contributed by atoms with Crippen LogP contribution in [-0.2, 0) is 0 Å². The highest BCUT2D eigenvalue weighted by atomic mass is 19.1. The van der Waals surface area contributed by atoms with E-state index in [1.807, 2.05) is 6.07 Å². The topological polar surface area (TPSA) is 35.8 Å². The van der Waals surface area contributed by atoms with Crippen LogP contribution in [0.4, 0.5) is 4.39 Å². The molecule has 1 atom stereocenters. The van der Waals surface area contributed by atoms with Crippen LogP contribution in [0.15, 0.2) is 36.0 Å². The molecule has 1 N–H and O–H groups in total. The van der Waals surface area contributed by atoms with E-state index in [1.165, 1.54) is 12.1 Å². The van der Waals surface area contributed by atoms with Gasteiger partial charge >= 0.3 is 0 Å². The van der Waals surface area contributed by atoms with E-state index in [9.17, 15) is 4.39 Å². The molecule has 1 aliphatic rings. The molecule has 1 unspecified atom stereocenters. The Kier molecular flexibility index (Phi) is 2.19. The number of hydrogen-bond acceptors (Lipinski definition) is 2. The average Bonchev–Trinajstić information content (AvgIpc) is 2.65. The molecular weight excluding hydrogens is 179 g/mol. The molecule has 0 aliphatic carbocycles. The second-order valence-electron chi connectivity index (χ2n) is 3.23. The number of nitrogens with one attached hydrogen (secondary N) is 1. The highest BCUT2D eigenvalue weighted by Crippen LogP contribution is 2.26. The van der Waals surface area contributed by atoms with Gasteiger partial charge in [0.05, 0.1) is 11.6 Å². The standard InChI is InChI=1S/C11H9FN2/c12-10-3-1-2-8(4-10)11-7-14-6-9(11)5-13/h1-4,6,11,14H,7H2. The maximum absolute atomic E-state index is 12.9. The van der Waals surface area contributed by atoms with Crippen molar-refractivity contribution >= 4 is 0 Å². The largest absolute Gasteiger partial charge is 0.389 e. The molecule has 0 saturated carbocycles. The van der Waals surface area contributed by atoms with Gasteiger partial charge in [-0.3, -0.25) is 0 Å². The molecule has 0 aromatic heterocycles. The van der Waals surface area contributed by atoms with Gasteiger partial charge in [0.15, 0.2) is 0 Å². The van der Waals surface area contributed by atoms with Gasteiger partial charge in [-0.05, 0) is 17.7 Å². The van der Waals surface area contributed by atoms with Gasteiger partial charge in [-0.25, -0.2) is 4.39 Å². The molecule has 1 aromatic carbocycles. The van der Waals surface area contributed by atoms with Crippen LogP contribution in [0.1, 0.15) is 11.5 Å². The third kappa shape index (κ3) is 1.47. The van der Waals surface area contributed by atoms with Crippen LogP contribution in [-0.4, -0.2) is 6.54 Å². The normalized spacial score (nSPS) is 19.7. The number of benzene rings is 1. The summed E-state index contributed by atoms with van der Waals surface area (Å²) in [5.74, 6) is -0.262. The second-order valence-corrected chi connectivity index (χ2v) is 3.23. The van der Waals surface area contributed by atoms with Crippen molar-refractivity contribution in [2.24, 2.45) is 0 Å². The summed E-state index contributed by atoms with van der Waals surface area (Å²) in [5.41, 5.74) is 1.51. The number of nitriles is 1. The lowest BCUT2D eigenvalue weighted by molar-refractivity contribution is 0.623. The first-order valence-electron chi connectivity index (χ1n) is 4.40. The quantitative estimate of drug-likeness (QED) is 0.730. The van der Waals surface area contributed by atoms with Gasteiger partial charge in [-0.1, -0.05) is 12.1 Å². The van der Waals surface area contributed by atoms with E-state index < -0.39 is 0 Å². The molecule has 70 valence electrons. The second kappa shape index (κ2) is 3.51. The molecule has 3 heteroatoms. The minimum Gasteiger partial charge on any atom is -0.389 e. The van der Waals surface area contributed by atoms with Gasteiger partial charge in [0.1, 0.15) is 5.82 Å². The smallest absolute Gasteiger partial charge is 0.123 e. The summed E-state index contributed by atoms with van der Waals surface area (Å²) in [6, 6.07) is 8.49. The van der Waals surface area contributed by atoms with Crippen molar-refractivity contribution in [3.8, 4) is 6.07 Å². The summed E-state index contributed by atoms with van der Waals surface area (Å²) in [6.45, 7) is 0.673. The Hall–Kier alpha value is -1.82. The molecule has 2 nitrogen and oxygen atoms in total. The number of rotatable bonds is 1. The molecule has 0 radical (unpaired) electrons. The van der Waals surface area contributed by atoms with E-state index >= 15 is 0 Å². The fourth-order valence-electron chi connectivity index (χ4n) is 1.63. The molecule has 1 aromatic rings. The minimum absolute atomic E-state index is 0.00398. The summed E-state index contributed by atoms with van der Waals surface area (Å²) in [6.07, 6.45) is 1.69. The van der Waals surface area contributed by atoms with Crippen LogP contribution in [0, 0.1) is 17.1 Å². The van der Waals surface area contributed by atoms with E-state index in [-0.39, 0.29) is 11.7 Å². The van der Waals surface area contributed by atoms with Crippen molar-refractivity contribution in [2.45, 2.75) is 5.92 Å². The van der Waals surface area contributed by atoms with E-state index in [4.69, 9.17) is 5.26 Å². The lowest BCUT2D eigenvalue weighted by atomic mass is 9.94. The maximum atomic E-state index is 12.9. The first-order valence-corrected chi connectivity index (χ1v) is 4.40. The SMILES string of the molecule is N#CC1=CNCC1c1cccc(F)c1. The highest BCUT2D eigenvalue weighted by molar-refractivity contribution is 5.39. The minimum atomic E-state index is -0.258. The molecule has 0 spiro atoms. The lowest BCUT2D eigenvalue weighted by Crippen LogP contribution is -2.08. The highest BCUT2D eigenvalue weighted by Gasteiger charge is 2.20. The summed E-state index contributed by atoms with van der Waals surface area (Å²) in [7, 11) is 0. The number of nitrogens with zero attached hydrogens (tertiary/aromatic N) is 1. The van der Waals surface area contributed by atoms with Gasteiger partial charge < -0.3 is 5.32 Å². The first kappa shape index (κ1) is 8.76. The summed E-state index contributed by atoms with van der Waals surface area (Å²) < 4.78 is 12.9. The van der Waals surface area contributed by atoms with Crippen LogP contribution >= 0.6 is 0 Å². The fraction of sp³-hybridized carbons (Fsp3) is 0.182. The Labute approximate surface area is 81.7 Å². The molecule has 0 amide bonds. The molecule has 2 rings (SSSR count). The summed E-state index contributed by atoms with van der Waals surface area (Å²) in [5, 5.41) is 11.8.